The lowest BCUT2D eigenvalue weighted by Crippen LogP contribution is -2.62. The first-order valence-corrected chi connectivity index (χ1v) is 15.0. The number of amides is 6. The predicted molar refractivity (Wildman–Crippen MR) is 164 cm³/mol. The number of carbonyl (C=O) groups is 6. The van der Waals surface area contributed by atoms with E-state index in [-0.39, 0.29) is 24.9 Å². The average molecular weight is 657 g/mol. The molecule has 1 aliphatic carbocycles. The fourth-order valence-corrected chi connectivity index (χ4v) is 5.83. The van der Waals surface area contributed by atoms with E-state index in [2.05, 4.69) is 34.4 Å². The normalized spacial score (nSPS) is 21.9. The van der Waals surface area contributed by atoms with Crippen molar-refractivity contribution in [3.8, 4) is 0 Å². The van der Waals surface area contributed by atoms with Crippen molar-refractivity contribution >= 4 is 35.4 Å². The quantitative estimate of drug-likeness (QED) is 0.175. The Kier molecular flexibility index (Phi) is 11.9. The monoisotopic (exact) mass is 656 g/mol. The highest BCUT2D eigenvalue weighted by Gasteiger charge is 2.70. The van der Waals surface area contributed by atoms with Crippen LogP contribution in [0.25, 0.3) is 0 Å². The summed E-state index contributed by atoms with van der Waals surface area (Å²) in [4.78, 5) is 81.3. The third-order valence-electron chi connectivity index (χ3n) is 8.58. The van der Waals surface area contributed by atoms with Crippen molar-refractivity contribution in [3.05, 3.63) is 24.8 Å². The van der Waals surface area contributed by atoms with Crippen LogP contribution in [0.3, 0.4) is 0 Å². The van der Waals surface area contributed by atoms with E-state index < -0.39 is 89.5 Å². The standard InChI is InChI=1S/C31H47F3N6O6/c1-11-14-35-25(43)22(41)18(12-13-31(32,33)34)36-24(42)21-19-17(30(19,7)8)15-40(21)27(45)23(29(4,5)6)38-28(46)37-20(16(2)3)26(44)39(9)10/h11,17-21,23H,1-2,12-15H2,3-10H3,(H,35,43)(H,36,42)(H2,37,38,46)/t17-,18?,19-,20-,21-,23+/m0/s1. The zero-order valence-electron chi connectivity index (χ0n) is 27.8. The molecule has 0 aromatic heterocycles. The zero-order valence-corrected chi connectivity index (χ0v) is 27.8. The van der Waals surface area contributed by atoms with Gasteiger partial charge in [0.1, 0.15) is 18.1 Å². The number of piperidine rings is 1. The maximum atomic E-state index is 14.1. The lowest BCUT2D eigenvalue weighted by Gasteiger charge is -2.38. The Morgan fingerprint density at radius 1 is 1.04 bits per heavy atom. The van der Waals surface area contributed by atoms with Gasteiger partial charge in [-0.05, 0) is 41.6 Å². The molecule has 2 rings (SSSR count). The van der Waals surface area contributed by atoms with E-state index in [0.717, 1.165) is 0 Å². The number of likely N-dealkylation sites (N-methyl/N-ethyl adjacent to an activating group) is 1. The largest absolute Gasteiger partial charge is 0.389 e. The smallest absolute Gasteiger partial charge is 0.347 e. The van der Waals surface area contributed by atoms with Crippen LogP contribution in [0.5, 0.6) is 0 Å². The number of nitrogens with one attached hydrogen (secondary N) is 4. The highest BCUT2D eigenvalue weighted by Crippen LogP contribution is 2.65. The number of hydrogen-bond donors (Lipinski definition) is 4. The van der Waals surface area contributed by atoms with Crippen molar-refractivity contribution in [1.29, 1.82) is 0 Å². The van der Waals surface area contributed by atoms with Crippen LogP contribution >= 0.6 is 0 Å². The van der Waals surface area contributed by atoms with Crippen LogP contribution in [0, 0.1) is 22.7 Å². The van der Waals surface area contributed by atoms with Gasteiger partial charge in [-0.3, -0.25) is 24.0 Å². The maximum Gasteiger partial charge on any atom is 0.389 e. The molecule has 15 heteroatoms. The topological polar surface area (TPSA) is 157 Å². The summed E-state index contributed by atoms with van der Waals surface area (Å²) < 4.78 is 39.3. The van der Waals surface area contributed by atoms with Crippen molar-refractivity contribution in [2.24, 2.45) is 22.7 Å². The first kappa shape index (κ1) is 38.3. The lowest BCUT2D eigenvalue weighted by molar-refractivity contribution is -0.148. The van der Waals surface area contributed by atoms with E-state index in [9.17, 15) is 41.9 Å². The summed E-state index contributed by atoms with van der Waals surface area (Å²) in [6.45, 7) is 17.6. The number of urea groups is 1. The molecule has 2 aliphatic rings. The van der Waals surface area contributed by atoms with Crippen LogP contribution in [-0.4, -0.2) is 103 Å². The molecule has 1 unspecified atom stereocenters. The first-order chi connectivity index (χ1) is 20.9. The summed E-state index contributed by atoms with van der Waals surface area (Å²) in [6.07, 6.45) is -5.69. The van der Waals surface area contributed by atoms with E-state index >= 15 is 0 Å². The van der Waals surface area contributed by atoms with Gasteiger partial charge in [-0.2, -0.15) is 13.2 Å². The van der Waals surface area contributed by atoms with Crippen LogP contribution in [0.4, 0.5) is 18.0 Å². The Morgan fingerprint density at radius 2 is 1.63 bits per heavy atom. The van der Waals surface area contributed by atoms with Gasteiger partial charge in [-0.15, -0.1) is 6.58 Å². The summed E-state index contributed by atoms with van der Waals surface area (Å²) in [5.41, 5.74) is -0.926. The van der Waals surface area contributed by atoms with Crippen LogP contribution in [0.2, 0.25) is 0 Å². The molecule has 0 bridgehead atoms. The van der Waals surface area contributed by atoms with Crippen molar-refractivity contribution in [2.75, 3.05) is 27.2 Å². The molecule has 1 heterocycles. The number of halogens is 3. The summed E-state index contributed by atoms with van der Waals surface area (Å²) in [5, 5.41) is 9.71. The number of hydrogen-bond acceptors (Lipinski definition) is 6. The minimum absolute atomic E-state index is 0.113. The van der Waals surface area contributed by atoms with Crippen LogP contribution < -0.4 is 21.3 Å². The Morgan fingerprint density at radius 3 is 2.11 bits per heavy atom. The molecule has 6 atom stereocenters. The second-order valence-electron chi connectivity index (χ2n) is 13.9. The molecule has 6 amide bonds. The Balaban J connectivity index is 2.37. The van der Waals surface area contributed by atoms with Crippen molar-refractivity contribution < 1.29 is 41.9 Å². The number of fused-ring (bicyclic) bond motifs is 1. The molecule has 258 valence electrons. The molecule has 1 aliphatic heterocycles. The van der Waals surface area contributed by atoms with E-state index in [0.29, 0.717) is 5.57 Å². The molecule has 46 heavy (non-hydrogen) atoms. The van der Waals surface area contributed by atoms with Crippen molar-refractivity contribution in [2.45, 2.75) is 84.7 Å². The van der Waals surface area contributed by atoms with Gasteiger partial charge < -0.3 is 31.1 Å². The highest BCUT2D eigenvalue weighted by atomic mass is 19.4. The van der Waals surface area contributed by atoms with Crippen LogP contribution in [-0.2, 0) is 24.0 Å². The van der Waals surface area contributed by atoms with E-state index in [1.54, 1.807) is 27.7 Å². The molecule has 0 aromatic rings. The summed E-state index contributed by atoms with van der Waals surface area (Å²) in [7, 11) is 3.03. The molecule has 4 N–H and O–H groups in total. The molecule has 1 saturated carbocycles. The van der Waals surface area contributed by atoms with Crippen LogP contribution in [0.1, 0.15) is 54.4 Å². The van der Waals surface area contributed by atoms with Gasteiger partial charge in [0.25, 0.3) is 5.91 Å². The summed E-state index contributed by atoms with van der Waals surface area (Å²) in [5.74, 6) is -4.89. The minimum Gasteiger partial charge on any atom is -0.347 e. The number of nitrogens with zero attached hydrogens (tertiary/aromatic N) is 2. The second-order valence-corrected chi connectivity index (χ2v) is 13.9. The number of likely N-dealkylation sites (tertiary alicyclic amines) is 1. The first-order valence-electron chi connectivity index (χ1n) is 15.0. The van der Waals surface area contributed by atoms with Gasteiger partial charge in [-0.25, -0.2) is 4.79 Å². The Hall–Kier alpha value is -3.91. The van der Waals surface area contributed by atoms with Gasteiger partial charge in [0, 0.05) is 33.6 Å². The van der Waals surface area contributed by atoms with Crippen molar-refractivity contribution in [1.82, 2.24) is 31.1 Å². The second kappa shape index (κ2) is 14.2. The molecule has 12 nitrogen and oxygen atoms in total. The van der Waals surface area contributed by atoms with Gasteiger partial charge >= 0.3 is 12.2 Å². The summed E-state index contributed by atoms with van der Waals surface area (Å²) in [6, 6.07) is -6.08. The third kappa shape index (κ3) is 9.09. The Bertz CT molecular complexity index is 1260. The molecule has 0 aromatic carbocycles. The molecule has 0 spiro atoms. The van der Waals surface area contributed by atoms with Gasteiger partial charge in [0.15, 0.2) is 0 Å². The van der Waals surface area contributed by atoms with Gasteiger partial charge in [0.2, 0.25) is 23.5 Å². The summed E-state index contributed by atoms with van der Waals surface area (Å²) >= 11 is 0. The number of ketones is 1. The number of rotatable bonds is 13. The van der Waals surface area contributed by atoms with Crippen LogP contribution in [0.15, 0.2) is 24.8 Å². The average Bonchev–Trinajstić information content (AvgIpc) is 3.25. The van der Waals surface area contributed by atoms with E-state index in [1.165, 1.54) is 30.0 Å². The van der Waals surface area contributed by atoms with E-state index in [4.69, 9.17) is 0 Å². The molecular weight excluding hydrogens is 609 g/mol. The molecule has 2 fully saturated rings. The van der Waals surface area contributed by atoms with Gasteiger partial charge in [0.05, 0.1) is 6.04 Å². The third-order valence-corrected chi connectivity index (χ3v) is 8.58. The fraction of sp³-hybridized carbons (Fsp3) is 0.677. The van der Waals surface area contributed by atoms with E-state index in [1.807, 2.05) is 13.8 Å². The predicted octanol–water partition coefficient (Wildman–Crippen LogP) is 1.91. The lowest BCUT2D eigenvalue weighted by atomic mass is 9.85. The maximum absolute atomic E-state index is 14.1. The zero-order chi connectivity index (χ0) is 35.5. The fourth-order valence-electron chi connectivity index (χ4n) is 5.83. The van der Waals surface area contributed by atoms with Gasteiger partial charge in [-0.1, -0.05) is 47.3 Å². The number of carbonyl (C=O) groups excluding carboxylic acids is 6. The minimum atomic E-state index is -4.66. The molecule has 0 radical (unpaired) electrons. The number of Topliss-reactive ketones (excluding diaryl/α,β-unsaturated/α-hetero) is 1. The molecule has 1 saturated heterocycles. The SMILES string of the molecule is C=CCNC(=O)C(=O)C(CCC(F)(F)F)NC(=O)[C@@H]1[C@@H]2[C@H](CN1C(=O)[C@@H](NC(=O)N[C@@H](C(=C)C)C(=O)N(C)C)C(C)(C)C)C2(C)C. The highest BCUT2D eigenvalue weighted by molar-refractivity contribution is 6.38. The number of alkyl halides is 3. The van der Waals surface area contributed by atoms with Crippen molar-refractivity contribution in [3.63, 3.8) is 0 Å². The molecular formula is C31H47F3N6O6. The Labute approximate surface area is 267 Å².